The van der Waals surface area contributed by atoms with Crippen LogP contribution < -0.4 is 11.1 Å². The van der Waals surface area contributed by atoms with E-state index in [2.05, 4.69) is 10.3 Å². The quantitative estimate of drug-likeness (QED) is 0.625. The van der Waals surface area contributed by atoms with E-state index in [0.29, 0.717) is 18.5 Å². The lowest BCUT2D eigenvalue weighted by atomic mass is 10.2. The molecule has 8 heteroatoms. The SMILES string of the molecule is NC(Cc1cn(C(=O)C2CCC(=O)N2)cn1)C(=O)O. The Labute approximate surface area is 108 Å². The van der Waals surface area contributed by atoms with E-state index in [-0.39, 0.29) is 18.2 Å². The second-order valence-electron chi connectivity index (χ2n) is 4.42. The third-order valence-corrected chi connectivity index (χ3v) is 2.93. The lowest BCUT2D eigenvalue weighted by Crippen LogP contribution is -2.36. The first-order valence-corrected chi connectivity index (χ1v) is 5.82. The minimum absolute atomic E-state index is 0.0483. The molecule has 0 radical (unpaired) electrons. The predicted octanol–water partition coefficient (Wildman–Crippen LogP) is -1.24. The molecule has 0 aromatic carbocycles. The smallest absolute Gasteiger partial charge is 0.320 e. The summed E-state index contributed by atoms with van der Waals surface area (Å²) in [6.07, 6.45) is 3.58. The van der Waals surface area contributed by atoms with Gasteiger partial charge >= 0.3 is 5.97 Å². The number of hydrogen-bond donors (Lipinski definition) is 3. The molecule has 2 unspecified atom stereocenters. The van der Waals surface area contributed by atoms with E-state index in [9.17, 15) is 14.4 Å². The molecule has 19 heavy (non-hydrogen) atoms. The van der Waals surface area contributed by atoms with Crippen LogP contribution in [0.2, 0.25) is 0 Å². The number of rotatable bonds is 4. The van der Waals surface area contributed by atoms with E-state index in [1.165, 1.54) is 17.1 Å². The summed E-state index contributed by atoms with van der Waals surface area (Å²) in [6.45, 7) is 0. The number of carbonyl (C=O) groups excluding carboxylic acids is 2. The fraction of sp³-hybridized carbons (Fsp3) is 0.455. The van der Waals surface area contributed by atoms with E-state index in [1.54, 1.807) is 0 Å². The number of carbonyl (C=O) groups is 3. The summed E-state index contributed by atoms with van der Waals surface area (Å²) < 4.78 is 1.25. The number of aromatic nitrogens is 2. The van der Waals surface area contributed by atoms with Crippen molar-refractivity contribution in [2.75, 3.05) is 0 Å². The first kappa shape index (κ1) is 13.2. The van der Waals surface area contributed by atoms with Crippen molar-refractivity contribution in [3.63, 3.8) is 0 Å². The van der Waals surface area contributed by atoms with Gasteiger partial charge in [-0.05, 0) is 6.42 Å². The third kappa shape index (κ3) is 2.97. The van der Waals surface area contributed by atoms with Gasteiger partial charge in [0.15, 0.2) is 0 Å². The number of nitrogens with zero attached hydrogens (tertiary/aromatic N) is 2. The Balaban J connectivity index is 2.02. The lowest BCUT2D eigenvalue weighted by Gasteiger charge is -2.08. The van der Waals surface area contributed by atoms with Gasteiger partial charge in [0.05, 0.1) is 5.69 Å². The van der Waals surface area contributed by atoms with Crippen LogP contribution in [0.15, 0.2) is 12.5 Å². The summed E-state index contributed by atoms with van der Waals surface area (Å²) >= 11 is 0. The van der Waals surface area contributed by atoms with Gasteiger partial charge in [-0.3, -0.25) is 19.0 Å². The van der Waals surface area contributed by atoms with Gasteiger partial charge in [-0.25, -0.2) is 4.98 Å². The van der Waals surface area contributed by atoms with E-state index in [0.717, 1.165) is 0 Å². The molecule has 0 spiro atoms. The van der Waals surface area contributed by atoms with Gasteiger partial charge in [0.1, 0.15) is 18.4 Å². The van der Waals surface area contributed by atoms with Crippen LogP contribution in [-0.2, 0) is 16.0 Å². The molecule has 1 aromatic rings. The van der Waals surface area contributed by atoms with E-state index >= 15 is 0 Å². The Morgan fingerprint density at radius 3 is 2.95 bits per heavy atom. The molecular formula is C11H14N4O4. The summed E-state index contributed by atoms with van der Waals surface area (Å²) in [5.41, 5.74) is 5.81. The zero-order valence-electron chi connectivity index (χ0n) is 10.1. The van der Waals surface area contributed by atoms with Gasteiger partial charge in [0, 0.05) is 19.0 Å². The first-order valence-electron chi connectivity index (χ1n) is 5.82. The molecule has 4 N–H and O–H groups in total. The number of carboxylic acid groups (broad SMARTS) is 1. The van der Waals surface area contributed by atoms with Gasteiger partial charge < -0.3 is 16.2 Å². The zero-order chi connectivity index (χ0) is 14.0. The van der Waals surface area contributed by atoms with E-state index < -0.39 is 18.1 Å². The number of nitrogens with one attached hydrogen (secondary N) is 1. The van der Waals surface area contributed by atoms with E-state index in [4.69, 9.17) is 10.8 Å². The molecule has 0 aliphatic carbocycles. The number of carboxylic acids is 1. The molecule has 1 aromatic heterocycles. The van der Waals surface area contributed by atoms with Crippen LogP contribution in [-0.4, -0.2) is 44.5 Å². The highest BCUT2D eigenvalue weighted by atomic mass is 16.4. The molecule has 1 saturated heterocycles. The van der Waals surface area contributed by atoms with Crippen LogP contribution in [0.4, 0.5) is 0 Å². The van der Waals surface area contributed by atoms with Crippen LogP contribution in [0, 0.1) is 0 Å². The molecule has 1 aliphatic rings. The minimum Gasteiger partial charge on any atom is -0.480 e. The van der Waals surface area contributed by atoms with Crippen LogP contribution in [0.3, 0.4) is 0 Å². The van der Waals surface area contributed by atoms with Crippen LogP contribution in [0.5, 0.6) is 0 Å². The Kier molecular flexibility index (Phi) is 3.61. The van der Waals surface area contributed by atoms with Crippen LogP contribution in [0.25, 0.3) is 0 Å². The van der Waals surface area contributed by atoms with Gasteiger partial charge in [-0.15, -0.1) is 0 Å². The second-order valence-corrected chi connectivity index (χ2v) is 4.42. The summed E-state index contributed by atoms with van der Waals surface area (Å²) in [5, 5.41) is 11.3. The van der Waals surface area contributed by atoms with Crippen molar-refractivity contribution < 1.29 is 19.5 Å². The molecule has 0 saturated carbocycles. The summed E-state index contributed by atoms with van der Waals surface area (Å²) in [5.74, 6) is -1.55. The monoisotopic (exact) mass is 266 g/mol. The standard InChI is InChI=1S/C11H14N4O4/c12-7(11(18)19)3-6-4-15(5-13-6)10(17)8-1-2-9(16)14-8/h4-5,7-8H,1-3,12H2,(H,14,16)(H,18,19). The fourth-order valence-electron chi connectivity index (χ4n) is 1.88. The lowest BCUT2D eigenvalue weighted by molar-refractivity contribution is -0.138. The van der Waals surface area contributed by atoms with Crippen molar-refractivity contribution in [1.82, 2.24) is 14.9 Å². The Morgan fingerprint density at radius 1 is 1.63 bits per heavy atom. The predicted molar refractivity (Wildman–Crippen MR) is 63.3 cm³/mol. The maximum atomic E-state index is 12.0. The van der Waals surface area contributed by atoms with Crippen molar-refractivity contribution in [1.29, 1.82) is 0 Å². The molecule has 1 fully saturated rings. The number of nitrogens with two attached hydrogens (primary N) is 1. The number of amides is 1. The van der Waals surface area contributed by atoms with Crippen LogP contribution >= 0.6 is 0 Å². The fourth-order valence-corrected chi connectivity index (χ4v) is 1.88. The molecule has 1 amide bonds. The molecule has 2 rings (SSSR count). The van der Waals surface area contributed by atoms with Crippen molar-refractivity contribution >= 4 is 17.8 Å². The van der Waals surface area contributed by atoms with Crippen molar-refractivity contribution in [3.8, 4) is 0 Å². The largest absolute Gasteiger partial charge is 0.480 e. The van der Waals surface area contributed by atoms with Crippen LogP contribution in [0.1, 0.15) is 23.3 Å². The van der Waals surface area contributed by atoms with Gasteiger partial charge in [-0.1, -0.05) is 0 Å². The zero-order valence-corrected chi connectivity index (χ0v) is 10.1. The molecular weight excluding hydrogens is 252 g/mol. The maximum absolute atomic E-state index is 12.0. The summed E-state index contributed by atoms with van der Waals surface area (Å²) in [7, 11) is 0. The number of aliphatic carboxylic acids is 1. The van der Waals surface area contributed by atoms with Crippen molar-refractivity contribution in [2.24, 2.45) is 5.73 Å². The molecule has 102 valence electrons. The molecule has 2 heterocycles. The van der Waals surface area contributed by atoms with Gasteiger partial charge in [-0.2, -0.15) is 0 Å². The van der Waals surface area contributed by atoms with Crippen molar-refractivity contribution in [3.05, 3.63) is 18.2 Å². The Hall–Kier alpha value is -2.22. The van der Waals surface area contributed by atoms with E-state index in [1.807, 2.05) is 0 Å². The summed E-state index contributed by atoms with van der Waals surface area (Å²) in [6, 6.07) is -1.59. The molecule has 8 nitrogen and oxygen atoms in total. The first-order chi connectivity index (χ1) is 8.97. The minimum atomic E-state index is -1.12. The highest BCUT2D eigenvalue weighted by Crippen LogP contribution is 2.10. The number of imidazole rings is 1. The Morgan fingerprint density at radius 2 is 2.37 bits per heavy atom. The van der Waals surface area contributed by atoms with Crippen molar-refractivity contribution in [2.45, 2.75) is 31.3 Å². The molecule has 2 atom stereocenters. The highest BCUT2D eigenvalue weighted by molar-refractivity contribution is 5.92. The average molecular weight is 266 g/mol. The number of hydrogen-bond acceptors (Lipinski definition) is 5. The van der Waals surface area contributed by atoms with Gasteiger partial charge in [0.25, 0.3) is 5.91 Å². The topological polar surface area (TPSA) is 127 Å². The second kappa shape index (κ2) is 5.19. The molecule has 0 bridgehead atoms. The molecule has 1 aliphatic heterocycles. The summed E-state index contributed by atoms with van der Waals surface area (Å²) in [4.78, 5) is 37.6. The average Bonchev–Trinajstić information content (AvgIpc) is 2.97. The Bertz CT molecular complexity index is 525. The van der Waals surface area contributed by atoms with Gasteiger partial charge in [0.2, 0.25) is 5.91 Å². The third-order valence-electron chi connectivity index (χ3n) is 2.93. The normalized spacial score (nSPS) is 20.1. The maximum Gasteiger partial charge on any atom is 0.320 e. The highest BCUT2D eigenvalue weighted by Gasteiger charge is 2.28.